The highest BCUT2D eigenvalue weighted by Gasteiger charge is 2.40. The third-order valence-electron chi connectivity index (χ3n) is 7.73. The summed E-state index contributed by atoms with van der Waals surface area (Å²) in [5.74, 6) is 1.19. The van der Waals surface area contributed by atoms with Crippen molar-refractivity contribution in [3.63, 3.8) is 0 Å². The van der Waals surface area contributed by atoms with Gasteiger partial charge in [-0.25, -0.2) is 9.78 Å². The normalized spacial score (nSPS) is 18.6. The SMILES string of the molecule is Cc1cccc(Cl)c1N1Cc2cnc(Nc3ccc(N4CCN(C)CC4)cc3)nc2N(C2CCC2)C1=O. The van der Waals surface area contributed by atoms with Gasteiger partial charge in [-0.2, -0.15) is 4.98 Å². The summed E-state index contributed by atoms with van der Waals surface area (Å²) in [6, 6.07) is 14.2. The molecule has 1 aromatic heterocycles. The average Bonchev–Trinajstić information content (AvgIpc) is 2.86. The monoisotopic (exact) mass is 517 g/mol. The van der Waals surface area contributed by atoms with Crippen LogP contribution in [0.2, 0.25) is 5.02 Å². The van der Waals surface area contributed by atoms with E-state index in [0.29, 0.717) is 23.3 Å². The summed E-state index contributed by atoms with van der Waals surface area (Å²) in [6.07, 6.45) is 4.90. The highest BCUT2D eigenvalue weighted by atomic mass is 35.5. The van der Waals surface area contributed by atoms with Gasteiger partial charge in [0.25, 0.3) is 0 Å². The number of aryl methyl sites for hydroxylation is 1. The number of aromatic nitrogens is 2. The minimum atomic E-state index is -0.0745. The molecule has 9 heteroatoms. The zero-order valence-electron chi connectivity index (χ0n) is 21.3. The highest BCUT2D eigenvalue weighted by Crippen LogP contribution is 2.40. The van der Waals surface area contributed by atoms with Crippen LogP contribution in [0.15, 0.2) is 48.7 Å². The second-order valence-electron chi connectivity index (χ2n) is 10.2. The van der Waals surface area contributed by atoms with E-state index in [2.05, 4.69) is 51.4 Å². The number of rotatable bonds is 5. The number of nitrogens with one attached hydrogen (secondary N) is 1. The molecular weight excluding hydrogens is 486 g/mol. The van der Waals surface area contributed by atoms with Crippen molar-refractivity contribution < 1.29 is 4.79 Å². The number of hydrogen-bond acceptors (Lipinski definition) is 6. The first-order valence-electron chi connectivity index (χ1n) is 13.0. The number of hydrogen-bond donors (Lipinski definition) is 1. The Balaban J connectivity index is 1.26. The maximum absolute atomic E-state index is 13.8. The molecule has 192 valence electrons. The molecule has 1 aliphatic carbocycles. The fourth-order valence-corrected chi connectivity index (χ4v) is 5.62. The molecule has 8 nitrogen and oxygen atoms in total. The number of carbonyl (C=O) groups is 1. The molecular formula is C28H32ClN7O. The van der Waals surface area contributed by atoms with Crippen molar-refractivity contribution in [2.75, 3.05) is 53.2 Å². The molecule has 2 fully saturated rings. The van der Waals surface area contributed by atoms with Crippen LogP contribution in [0.1, 0.15) is 30.4 Å². The maximum atomic E-state index is 13.8. The predicted octanol–water partition coefficient (Wildman–Crippen LogP) is 5.43. The predicted molar refractivity (Wildman–Crippen MR) is 149 cm³/mol. The summed E-state index contributed by atoms with van der Waals surface area (Å²) in [5, 5.41) is 3.91. The minimum absolute atomic E-state index is 0.0745. The van der Waals surface area contributed by atoms with Crippen LogP contribution in [0.3, 0.4) is 0 Å². The van der Waals surface area contributed by atoms with E-state index in [1.54, 1.807) is 4.90 Å². The Morgan fingerprint density at radius 3 is 2.46 bits per heavy atom. The van der Waals surface area contributed by atoms with Gasteiger partial charge in [0.15, 0.2) is 0 Å². The maximum Gasteiger partial charge on any atom is 0.330 e. The van der Waals surface area contributed by atoms with E-state index in [1.807, 2.05) is 36.2 Å². The molecule has 3 heterocycles. The molecule has 0 unspecified atom stereocenters. The van der Waals surface area contributed by atoms with Gasteiger partial charge in [-0.3, -0.25) is 9.80 Å². The van der Waals surface area contributed by atoms with E-state index in [4.69, 9.17) is 16.6 Å². The van der Waals surface area contributed by atoms with Gasteiger partial charge in [0.05, 0.1) is 17.3 Å². The largest absolute Gasteiger partial charge is 0.369 e. The van der Waals surface area contributed by atoms with E-state index in [9.17, 15) is 4.79 Å². The Hall–Kier alpha value is -3.36. The second-order valence-corrected chi connectivity index (χ2v) is 10.6. The minimum Gasteiger partial charge on any atom is -0.369 e. The molecule has 2 aliphatic heterocycles. The second kappa shape index (κ2) is 9.84. The van der Waals surface area contributed by atoms with E-state index in [1.165, 1.54) is 5.69 Å². The smallest absolute Gasteiger partial charge is 0.330 e. The van der Waals surface area contributed by atoms with Crippen molar-refractivity contribution in [3.8, 4) is 0 Å². The number of benzene rings is 2. The number of nitrogens with zero attached hydrogens (tertiary/aromatic N) is 6. The zero-order valence-corrected chi connectivity index (χ0v) is 22.1. The van der Waals surface area contributed by atoms with E-state index >= 15 is 0 Å². The molecule has 37 heavy (non-hydrogen) atoms. The van der Waals surface area contributed by atoms with Gasteiger partial charge in [0.2, 0.25) is 5.95 Å². The van der Waals surface area contributed by atoms with Gasteiger partial charge in [0, 0.05) is 55.4 Å². The molecule has 3 aromatic rings. The number of urea groups is 1. The van der Waals surface area contributed by atoms with Crippen LogP contribution >= 0.6 is 11.6 Å². The quantitative estimate of drug-likeness (QED) is 0.486. The lowest BCUT2D eigenvalue weighted by Gasteiger charge is -2.43. The Labute approximate surface area is 222 Å². The Kier molecular flexibility index (Phi) is 6.38. The van der Waals surface area contributed by atoms with Gasteiger partial charge < -0.3 is 15.1 Å². The van der Waals surface area contributed by atoms with E-state index in [0.717, 1.165) is 67.9 Å². The summed E-state index contributed by atoms with van der Waals surface area (Å²) in [5.41, 5.74) is 4.79. The van der Waals surface area contributed by atoms with Crippen LogP contribution in [0.25, 0.3) is 0 Å². The number of piperazine rings is 1. The fourth-order valence-electron chi connectivity index (χ4n) is 5.30. The van der Waals surface area contributed by atoms with Crippen molar-refractivity contribution in [1.29, 1.82) is 0 Å². The van der Waals surface area contributed by atoms with Crippen LogP contribution in [-0.4, -0.2) is 60.2 Å². The fraction of sp³-hybridized carbons (Fsp3) is 0.393. The number of likely N-dealkylation sites (N-methyl/N-ethyl adjacent to an activating group) is 1. The number of carbonyl (C=O) groups excluding carboxylic acids is 1. The molecule has 3 aliphatic rings. The van der Waals surface area contributed by atoms with Crippen LogP contribution in [-0.2, 0) is 6.54 Å². The van der Waals surface area contributed by atoms with E-state index < -0.39 is 0 Å². The Bertz CT molecular complexity index is 1280. The molecule has 1 N–H and O–H groups in total. The molecule has 2 aromatic carbocycles. The molecule has 0 spiro atoms. The summed E-state index contributed by atoms with van der Waals surface area (Å²) >= 11 is 6.55. The standard InChI is InChI=1S/C28H32ClN7O/c1-19-5-3-8-24(29)25(19)35-18-20-17-30-27(32-26(20)36(28(35)37)23-6-4-7-23)31-21-9-11-22(12-10-21)34-15-13-33(2)14-16-34/h3,5,8-12,17,23H,4,6-7,13-16,18H2,1-2H3,(H,30,31,32). The van der Waals surface area contributed by atoms with Gasteiger partial charge in [-0.1, -0.05) is 23.7 Å². The van der Waals surface area contributed by atoms with Crippen LogP contribution in [0.4, 0.5) is 33.6 Å². The van der Waals surface area contributed by atoms with Gasteiger partial charge in [-0.15, -0.1) is 0 Å². The number of amides is 2. The lowest BCUT2D eigenvalue weighted by Crippen LogP contribution is -2.54. The van der Waals surface area contributed by atoms with Gasteiger partial charge in [0.1, 0.15) is 5.82 Å². The molecule has 2 amide bonds. The lowest BCUT2D eigenvalue weighted by atomic mass is 9.91. The number of para-hydroxylation sites is 1. The van der Waals surface area contributed by atoms with Gasteiger partial charge in [-0.05, 0) is 69.1 Å². The first kappa shape index (κ1) is 24.0. The lowest BCUT2D eigenvalue weighted by molar-refractivity contribution is 0.242. The first-order valence-corrected chi connectivity index (χ1v) is 13.4. The van der Waals surface area contributed by atoms with E-state index in [-0.39, 0.29) is 12.1 Å². The van der Waals surface area contributed by atoms with Crippen molar-refractivity contribution in [2.24, 2.45) is 0 Å². The third-order valence-corrected chi connectivity index (χ3v) is 8.03. The highest BCUT2D eigenvalue weighted by molar-refractivity contribution is 6.34. The molecule has 0 bridgehead atoms. The number of halogens is 1. The third kappa shape index (κ3) is 4.60. The zero-order chi connectivity index (χ0) is 25.5. The van der Waals surface area contributed by atoms with Crippen LogP contribution in [0.5, 0.6) is 0 Å². The first-order chi connectivity index (χ1) is 18.0. The number of anilines is 5. The Morgan fingerprint density at radius 1 is 1.03 bits per heavy atom. The van der Waals surface area contributed by atoms with Crippen LogP contribution < -0.4 is 20.0 Å². The molecule has 1 saturated carbocycles. The van der Waals surface area contributed by atoms with Crippen molar-refractivity contribution in [3.05, 3.63) is 64.8 Å². The van der Waals surface area contributed by atoms with Crippen molar-refractivity contribution >= 4 is 46.5 Å². The summed E-state index contributed by atoms with van der Waals surface area (Å²) in [6.45, 7) is 6.59. The summed E-state index contributed by atoms with van der Waals surface area (Å²) in [7, 11) is 2.16. The van der Waals surface area contributed by atoms with Gasteiger partial charge >= 0.3 is 6.03 Å². The summed E-state index contributed by atoms with van der Waals surface area (Å²) in [4.78, 5) is 31.7. The topological polar surface area (TPSA) is 67.8 Å². The molecule has 0 atom stereocenters. The average molecular weight is 518 g/mol. The summed E-state index contributed by atoms with van der Waals surface area (Å²) < 4.78 is 0. The Morgan fingerprint density at radius 2 is 1.78 bits per heavy atom. The molecule has 1 saturated heterocycles. The van der Waals surface area contributed by atoms with Crippen LogP contribution in [0, 0.1) is 6.92 Å². The molecule has 0 radical (unpaired) electrons. The molecule has 6 rings (SSSR count). The van der Waals surface area contributed by atoms with Crippen molar-refractivity contribution in [1.82, 2.24) is 14.9 Å². The number of fused-ring (bicyclic) bond motifs is 1. The van der Waals surface area contributed by atoms with Crippen molar-refractivity contribution in [2.45, 2.75) is 38.8 Å².